The molecule has 0 bridgehead atoms. The predicted molar refractivity (Wildman–Crippen MR) is 85.0 cm³/mol. The molecule has 3 aromatic rings. The first-order chi connectivity index (χ1) is 11.6. The molecule has 24 heavy (non-hydrogen) atoms. The molecule has 0 fully saturated rings. The van der Waals surface area contributed by atoms with Crippen LogP contribution in [0.3, 0.4) is 0 Å². The topological polar surface area (TPSA) is 78.1 Å². The molecular weight excluding hydrogens is 333 g/mol. The van der Waals surface area contributed by atoms with Crippen molar-refractivity contribution in [3.05, 3.63) is 52.4 Å². The second-order valence-electron chi connectivity index (χ2n) is 4.96. The molecule has 0 atom stereocenters. The fraction of sp³-hybridized carbons (Fsp3) is 0.250. The van der Waals surface area contributed by atoms with Crippen molar-refractivity contribution in [2.75, 3.05) is 0 Å². The number of halogens is 1. The van der Waals surface area contributed by atoms with Crippen LogP contribution in [0.25, 0.3) is 10.6 Å². The normalized spacial score (nSPS) is 10.8. The molecule has 2 heterocycles. The van der Waals surface area contributed by atoms with Crippen LogP contribution < -0.4 is 0 Å². The number of hydrogen-bond donors (Lipinski definition) is 0. The van der Waals surface area contributed by atoms with Crippen LogP contribution in [-0.2, 0) is 17.8 Å². The molecule has 3 rings (SSSR count). The molecule has 124 valence electrons. The van der Waals surface area contributed by atoms with E-state index >= 15 is 0 Å². The Morgan fingerprint density at radius 3 is 2.62 bits per heavy atom. The van der Waals surface area contributed by atoms with Gasteiger partial charge in [0.05, 0.1) is 5.69 Å². The first-order valence-corrected chi connectivity index (χ1v) is 8.10. The number of aryl methyl sites for hydroxylation is 2. The van der Waals surface area contributed by atoms with E-state index in [1.165, 1.54) is 23.5 Å². The van der Waals surface area contributed by atoms with Gasteiger partial charge in [0.1, 0.15) is 15.7 Å². The average Bonchev–Trinajstić information content (AvgIpc) is 3.20. The fourth-order valence-corrected chi connectivity index (χ4v) is 2.95. The Kier molecular flexibility index (Phi) is 4.66. The van der Waals surface area contributed by atoms with Gasteiger partial charge in [0.25, 0.3) is 5.89 Å². The standard InChI is InChI=1S/C16H14FN3O3S/c1-3-12-19-20-13(23-12)8-22-16(21)14-9(2)18-15(24-14)10-4-6-11(17)7-5-10/h4-7H,3,8H2,1-2H3. The van der Waals surface area contributed by atoms with E-state index in [4.69, 9.17) is 9.15 Å². The van der Waals surface area contributed by atoms with Crippen molar-refractivity contribution in [3.8, 4) is 10.6 Å². The van der Waals surface area contributed by atoms with Crippen LogP contribution in [0.4, 0.5) is 4.39 Å². The van der Waals surface area contributed by atoms with Crippen molar-refractivity contribution in [1.29, 1.82) is 0 Å². The van der Waals surface area contributed by atoms with E-state index in [-0.39, 0.29) is 18.3 Å². The SMILES string of the molecule is CCc1nnc(COC(=O)c2sc(-c3ccc(F)cc3)nc2C)o1. The number of thiazole rings is 1. The number of rotatable bonds is 5. The monoisotopic (exact) mass is 347 g/mol. The van der Waals surface area contributed by atoms with E-state index in [0.717, 1.165) is 5.56 Å². The smallest absolute Gasteiger partial charge is 0.350 e. The summed E-state index contributed by atoms with van der Waals surface area (Å²) in [6, 6.07) is 5.94. The number of hydrogen-bond acceptors (Lipinski definition) is 7. The molecule has 0 saturated heterocycles. The molecule has 0 aliphatic carbocycles. The van der Waals surface area contributed by atoms with Crippen LogP contribution in [0.15, 0.2) is 28.7 Å². The third-order valence-electron chi connectivity index (χ3n) is 3.21. The van der Waals surface area contributed by atoms with Gasteiger partial charge < -0.3 is 9.15 Å². The Hall–Kier alpha value is -2.61. The molecule has 0 amide bonds. The molecule has 1 aromatic carbocycles. The van der Waals surface area contributed by atoms with E-state index < -0.39 is 5.97 Å². The number of ether oxygens (including phenoxy) is 1. The highest BCUT2D eigenvalue weighted by Gasteiger charge is 2.18. The number of esters is 1. The summed E-state index contributed by atoms with van der Waals surface area (Å²) in [7, 11) is 0. The van der Waals surface area contributed by atoms with E-state index in [0.29, 0.717) is 27.9 Å². The lowest BCUT2D eigenvalue weighted by Crippen LogP contribution is -2.05. The Labute approximate surface area is 141 Å². The molecule has 0 N–H and O–H groups in total. The first kappa shape index (κ1) is 16.3. The van der Waals surface area contributed by atoms with Crippen molar-refractivity contribution in [1.82, 2.24) is 15.2 Å². The van der Waals surface area contributed by atoms with Crippen LogP contribution >= 0.6 is 11.3 Å². The maximum atomic E-state index is 13.0. The van der Waals surface area contributed by atoms with Crippen molar-refractivity contribution < 1.29 is 18.3 Å². The van der Waals surface area contributed by atoms with Gasteiger partial charge in [-0.15, -0.1) is 21.5 Å². The largest absolute Gasteiger partial charge is 0.451 e. The third kappa shape index (κ3) is 3.48. The Morgan fingerprint density at radius 2 is 1.96 bits per heavy atom. The third-order valence-corrected chi connectivity index (χ3v) is 4.40. The van der Waals surface area contributed by atoms with Gasteiger partial charge in [-0.05, 0) is 31.2 Å². The summed E-state index contributed by atoms with van der Waals surface area (Å²) in [6.07, 6.45) is 0.621. The number of aromatic nitrogens is 3. The number of carbonyl (C=O) groups excluding carboxylic acids is 1. The van der Waals surface area contributed by atoms with E-state index in [1.54, 1.807) is 19.1 Å². The van der Waals surface area contributed by atoms with E-state index in [1.807, 2.05) is 6.92 Å². The lowest BCUT2D eigenvalue weighted by molar-refractivity contribution is 0.0441. The Balaban J connectivity index is 1.72. The molecular formula is C16H14FN3O3S. The molecule has 6 nitrogen and oxygen atoms in total. The summed E-state index contributed by atoms with van der Waals surface area (Å²) in [5.74, 6) is -0.0815. The summed E-state index contributed by atoms with van der Waals surface area (Å²) in [6.45, 7) is 3.53. The maximum absolute atomic E-state index is 13.0. The van der Waals surface area contributed by atoms with Gasteiger partial charge >= 0.3 is 5.97 Å². The van der Waals surface area contributed by atoms with Crippen LogP contribution in [0.1, 0.15) is 34.1 Å². The van der Waals surface area contributed by atoms with Crippen molar-refractivity contribution in [2.45, 2.75) is 26.9 Å². The zero-order chi connectivity index (χ0) is 17.1. The van der Waals surface area contributed by atoms with E-state index in [2.05, 4.69) is 15.2 Å². The fourth-order valence-electron chi connectivity index (χ4n) is 1.98. The molecule has 0 radical (unpaired) electrons. The number of nitrogens with zero attached hydrogens (tertiary/aromatic N) is 3. The van der Waals surface area contributed by atoms with Crippen molar-refractivity contribution >= 4 is 17.3 Å². The van der Waals surface area contributed by atoms with Crippen LogP contribution in [-0.4, -0.2) is 21.2 Å². The highest BCUT2D eigenvalue weighted by molar-refractivity contribution is 7.17. The highest BCUT2D eigenvalue weighted by Crippen LogP contribution is 2.28. The van der Waals surface area contributed by atoms with Gasteiger partial charge in [-0.2, -0.15) is 0 Å². The van der Waals surface area contributed by atoms with Crippen LogP contribution in [0, 0.1) is 12.7 Å². The number of benzene rings is 1. The molecule has 0 aliphatic heterocycles. The van der Waals surface area contributed by atoms with Crippen molar-refractivity contribution in [3.63, 3.8) is 0 Å². The second kappa shape index (κ2) is 6.88. The number of carbonyl (C=O) groups is 1. The lowest BCUT2D eigenvalue weighted by Gasteiger charge is -1.99. The zero-order valence-corrected chi connectivity index (χ0v) is 13.9. The second-order valence-corrected chi connectivity index (χ2v) is 5.96. The Morgan fingerprint density at radius 1 is 1.25 bits per heavy atom. The predicted octanol–water partition coefficient (Wildman–Crippen LogP) is 3.56. The molecule has 0 aliphatic rings. The summed E-state index contributed by atoms with van der Waals surface area (Å²) >= 11 is 1.20. The minimum Gasteiger partial charge on any atom is -0.451 e. The molecule has 2 aromatic heterocycles. The van der Waals surface area contributed by atoms with Crippen LogP contribution in [0.2, 0.25) is 0 Å². The summed E-state index contributed by atoms with van der Waals surface area (Å²) in [4.78, 5) is 17.0. The van der Waals surface area contributed by atoms with Gasteiger partial charge in [-0.3, -0.25) is 0 Å². The van der Waals surface area contributed by atoms with Gasteiger partial charge in [-0.1, -0.05) is 6.92 Å². The quantitative estimate of drug-likeness (QED) is 0.657. The summed E-state index contributed by atoms with van der Waals surface area (Å²) in [5, 5.41) is 8.23. The zero-order valence-electron chi connectivity index (χ0n) is 13.1. The van der Waals surface area contributed by atoms with E-state index in [9.17, 15) is 9.18 Å². The molecule has 0 spiro atoms. The van der Waals surface area contributed by atoms with Gasteiger partial charge in [0, 0.05) is 12.0 Å². The van der Waals surface area contributed by atoms with Gasteiger partial charge in [-0.25, -0.2) is 14.2 Å². The molecule has 0 unspecified atom stereocenters. The first-order valence-electron chi connectivity index (χ1n) is 7.28. The van der Waals surface area contributed by atoms with Crippen LogP contribution in [0.5, 0.6) is 0 Å². The summed E-state index contributed by atoms with van der Waals surface area (Å²) < 4.78 is 23.5. The maximum Gasteiger partial charge on any atom is 0.350 e. The van der Waals surface area contributed by atoms with Gasteiger partial charge in [0.2, 0.25) is 5.89 Å². The molecule has 0 saturated carbocycles. The Bertz CT molecular complexity index is 858. The minimum atomic E-state index is -0.505. The lowest BCUT2D eigenvalue weighted by atomic mass is 10.2. The average molecular weight is 347 g/mol. The summed E-state index contributed by atoms with van der Waals surface area (Å²) in [5.41, 5.74) is 1.30. The molecule has 8 heteroatoms. The highest BCUT2D eigenvalue weighted by atomic mass is 32.1. The van der Waals surface area contributed by atoms with Crippen molar-refractivity contribution in [2.24, 2.45) is 0 Å². The minimum absolute atomic E-state index is 0.0882. The van der Waals surface area contributed by atoms with Gasteiger partial charge in [0.15, 0.2) is 6.61 Å².